The Balaban J connectivity index is 2.28. The van der Waals surface area contributed by atoms with Gasteiger partial charge >= 0.3 is 0 Å². The van der Waals surface area contributed by atoms with E-state index in [1.165, 1.54) is 0 Å². The second kappa shape index (κ2) is 5.69. The van der Waals surface area contributed by atoms with Crippen molar-refractivity contribution in [3.8, 4) is 0 Å². The van der Waals surface area contributed by atoms with E-state index in [0.29, 0.717) is 5.02 Å². The second-order valence-corrected chi connectivity index (χ2v) is 6.27. The van der Waals surface area contributed by atoms with Crippen molar-refractivity contribution in [1.82, 2.24) is 4.98 Å². The van der Waals surface area contributed by atoms with Crippen LogP contribution in [-0.2, 0) is 0 Å². The number of halogens is 4. The average Bonchev–Trinajstić information content (AvgIpc) is 2.27. The fraction of sp³-hybridized carbons (Fsp3) is 0. The molecule has 1 aromatic heterocycles. The van der Waals surface area contributed by atoms with Crippen molar-refractivity contribution in [3.05, 3.63) is 48.9 Å². The van der Waals surface area contributed by atoms with Gasteiger partial charge in [-0.2, -0.15) is 0 Å². The molecule has 1 aromatic carbocycles. The first kappa shape index (κ1) is 13.3. The van der Waals surface area contributed by atoms with Crippen LogP contribution in [0.3, 0.4) is 0 Å². The van der Waals surface area contributed by atoms with Crippen LogP contribution in [0.5, 0.6) is 0 Å². The molecule has 0 bridgehead atoms. The minimum Gasteiger partial charge on any atom is -0.339 e. The van der Waals surface area contributed by atoms with Gasteiger partial charge in [-0.1, -0.05) is 11.6 Å². The smallest absolute Gasteiger partial charge is 0.144 e. The van der Waals surface area contributed by atoms with Crippen LogP contribution in [0, 0.1) is 0 Å². The normalized spacial score (nSPS) is 10.4. The third-order valence-electron chi connectivity index (χ3n) is 1.99. The van der Waals surface area contributed by atoms with Gasteiger partial charge < -0.3 is 5.32 Å². The van der Waals surface area contributed by atoms with Crippen molar-refractivity contribution in [2.24, 2.45) is 0 Å². The van der Waals surface area contributed by atoms with E-state index < -0.39 is 0 Å². The number of hydrogen-bond donors (Lipinski definition) is 1. The standard InChI is InChI=1S/C11H6Br3ClN2/c12-6-3-9(14)11(16-5-6)17-7-1-2-8(13)10(15)4-7/h1-5H,(H,16,17). The molecule has 0 fully saturated rings. The van der Waals surface area contributed by atoms with Gasteiger partial charge in [0.15, 0.2) is 0 Å². The van der Waals surface area contributed by atoms with E-state index in [4.69, 9.17) is 11.6 Å². The summed E-state index contributed by atoms with van der Waals surface area (Å²) in [5, 5.41) is 3.84. The molecular weight excluding hydrogens is 435 g/mol. The molecule has 2 rings (SSSR count). The molecule has 0 aliphatic heterocycles. The van der Waals surface area contributed by atoms with Crippen molar-refractivity contribution < 1.29 is 0 Å². The Kier molecular flexibility index (Phi) is 4.47. The van der Waals surface area contributed by atoms with Crippen LogP contribution in [0.4, 0.5) is 11.5 Å². The molecule has 1 heterocycles. The highest BCUT2D eigenvalue weighted by molar-refractivity contribution is 9.11. The van der Waals surface area contributed by atoms with Crippen LogP contribution in [-0.4, -0.2) is 4.98 Å². The summed E-state index contributed by atoms with van der Waals surface area (Å²) in [6, 6.07) is 7.57. The second-order valence-electron chi connectivity index (χ2n) is 3.24. The van der Waals surface area contributed by atoms with E-state index in [1.807, 2.05) is 24.3 Å². The van der Waals surface area contributed by atoms with Crippen molar-refractivity contribution in [2.45, 2.75) is 0 Å². The number of nitrogens with one attached hydrogen (secondary N) is 1. The number of rotatable bonds is 2. The van der Waals surface area contributed by atoms with Gasteiger partial charge in [-0.3, -0.25) is 0 Å². The molecule has 2 nitrogen and oxygen atoms in total. The molecule has 0 aliphatic carbocycles. The van der Waals surface area contributed by atoms with Gasteiger partial charge in [0.2, 0.25) is 0 Å². The third-order valence-corrected chi connectivity index (χ3v) is 4.26. The zero-order valence-electron chi connectivity index (χ0n) is 8.35. The van der Waals surface area contributed by atoms with E-state index in [0.717, 1.165) is 24.9 Å². The summed E-state index contributed by atoms with van der Waals surface area (Å²) in [6.45, 7) is 0. The first-order valence-corrected chi connectivity index (χ1v) is 7.35. The van der Waals surface area contributed by atoms with E-state index >= 15 is 0 Å². The molecule has 0 spiro atoms. The summed E-state index contributed by atoms with van der Waals surface area (Å²) in [5.74, 6) is 0.742. The quantitative estimate of drug-likeness (QED) is 0.641. The molecule has 0 unspecified atom stereocenters. The van der Waals surface area contributed by atoms with E-state index in [9.17, 15) is 0 Å². The van der Waals surface area contributed by atoms with Gasteiger partial charge in [0.1, 0.15) is 5.82 Å². The van der Waals surface area contributed by atoms with Crippen LogP contribution < -0.4 is 5.32 Å². The SMILES string of the molecule is Clc1cc(Nc2ncc(Br)cc2Br)ccc1Br. The number of benzene rings is 1. The first-order valence-electron chi connectivity index (χ1n) is 4.59. The number of anilines is 2. The molecular formula is C11H6Br3ClN2. The number of pyridine rings is 1. The zero-order chi connectivity index (χ0) is 12.4. The lowest BCUT2D eigenvalue weighted by Crippen LogP contribution is -1.94. The van der Waals surface area contributed by atoms with Gasteiger partial charge in [-0.05, 0) is 72.1 Å². The van der Waals surface area contributed by atoms with Gasteiger partial charge in [0.05, 0.1) is 9.50 Å². The fourth-order valence-corrected chi connectivity index (χ4v) is 2.73. The maximum Gasteiger partial charge on any atom is 0.144 e. The molecule has 1 N–H and O–H groups in total. The van der Waals surface area contributed by atoms with Gasteiger partial charge in [-0.15, -0.1) is 0 Å². The highest BCUT2D eigenvalue weighted by Crippen LogP contribution is 2.30. The average molecular weight is 441 g/mol. The van der Waals surface area contributed by atoms with E-state index in [1.54, 1.807) is 6.20 Å². The van der Waals surface area contributed by atoms with Gasteiger partial charge in [0.25, 0.3) is 0 Å². The van der Waals surface area contributed by atoms with Crippen LogP contribution in [0.25, 0.3) is 0 Å². The molecule has 88 valence electrons. The third kappa shape index (κ3) is 3.44. The summed E-state index contributed by atoms with van der Waals surface area (Å²) >= 11 is 16.2. The molecule has 0 aliphatic rings. The monoisotopic (exact) mass is 438 g/mol. The zero-order valence-corrected chi connectivity index (χ0v) is 13.9. The summed E-state index contributed by atoms with van der Waals surface area (Å²) in [7, 11) is 0. The summed E-state index contributed by atoms with van der Waals surface area (Å²) in [5.41, 5.74) is 0.883. The Morgan fingerprint density at radius 1 is 1.06 bits per heavy atom. The first-order chi connectivity index (χ1) is 8.06. The molecule has 2 aromatic rings. The van der Waals surface area contributed by atoms with Crippen LogP contribution >= 0.6 is 59.4 Å². The highest BCUT2D eigenvalue weighted by Gasteiger charge is 2.04. The molecule has 0 saturated heterocycles. The minimum absolute atomic E-state index is 0.656. The fourth-order valence-electron chi connectivity index (χ4n) is 1.22. The number of nitrogens with zero attached hydrogens (tertiary/aromatic N) is 1. The summed E-state index contributed by atoms with van der Waals surface area (Å²) in [4.78, 5) is 4.27. The Morgan fingerprint density at radius 2 is 1.82 bits per heavy atom. The van der Waals surface area contributed by atoms with Gasteiger partial charge in [-0.25, -0.2) is 4.98 Å². The predicted octanol–water partition coefficient (Wildman–Crippen LogP) is 5.77. The lowest BCUT2D eigenvalue weighted by Gasteiger charge is -2.08. The van der Waals surface area contributed by atoms with Crippen LogP contribution in [0.15, 0.2) is 43.9 Å². The summed E-state index contributed by atoms with van der Waals surface area (Å²) < 4.78 is 2.67. The maximum absolute atomic E-state index is 6.02. The van der Waals surface area contributed by atoms with Crippen molar-refractivity contribution in [2.75, 3.05) is 5.32 Å². The molecule has 0 saturated carbocycles. The van der Waals surface area contributed by atoms with Crippen molar-refractivity contribution in [1.29, 1.82) is 0 Å². The highest BCUT2D eigenvalue weighted by atomic mass is 79.9. The largest absolute Gasteiger partial charge is 0.339 e. The van der Waals surface area contributed by atoms with E-state index in [-0.39, 0.29) is 0 Å². The number of hydrogen-bond acceptors (Lipinski definition) is 2. The molecule has 0 radical (unpaired) electrons. The summed E-state index contributed by atoms with van der Waals surface area (Å²) in [6.07, 6.45) is 1.73. The lowest BCUT2D eigenvalue weighted by molar-refractivity contribution is 1.27. The number of aromatic nitrogens is 1. The Labute approximate surface area is 129 Å². The Bertz CT molecular complexity index is 560. The van der Waals surface area contributed by atoms with E-state index in [2.05, 4.69) is 58.1 Å². The Morgan fingerprint density at radius 3 is 2.47 bits per heavy atom. The van der Waals surface area contributed by atoms with Crippen LogP contribution in [0.2, 0.25) is 5.02 Å². The van der Waals surface area contributed by atoms with Crippen LogP contribution in [0.1, 0.15) is 0 Å². The topological polar surface area (TPSA) is 24.9 Å². The molecule has 0 atom stereocenters. The maximum atomic E-state index is 6.02. The lowest BCUT2D eigenvalue weighted by atomic mass is 10.3. The molecule has 17 heavy (non-hydrogen) atoms. The molecule has 0 amide bonds. The van der Waals surface area contributed by atoms with Crippen molar-refractivity contribution in [3.63, 3.8) is 0 Å². The molecule has 6 heteroatoms. The van der Waals surface area contributed by atoms with Gasteiger partial charge in [0, 0.05) is 20.8 Å². The predicted molar refractivity (Wildman–Crippen MR) is 82.1 cm³/mol. The van der Waals surface area contributed by atoms with Crippen molar-refractivity contribution >= 4 is 70.9 Å². The Hall–Kier alpha value is -0.100. The minimum atomic E-state index is 0.656.